The molecule has 0 saturated carbocycles. The molecule has 0 aliphatic carbocycles. The fraction of sp³-hybridized carbons (Fsp3) is 0.200. The highest BCUT2D eigenvalue weighted by atomic mass is 16.5. The lowest BCUT2D eigenvalue weighted by Crippen LogP contribution is -2.22. The SMILES string of the molecule is COC(=O)[C@H](N)c1cccc(C#N)c1O. The number of carbonyl (C=O) groups excluding carboxylic acids is 1. The van der Waals surface area contributed by atoms with Crippen LogP contribution in [0.5, 0.6) is 5.75 Å². The molecule has 0 heterocycles. The van der Waals surface area contributed by atoms with Crippen molar-refractivity contribution in [1.29, 1.82) is 5.26 Å². The molecule has 1 aromatic carbocycles. The third-order valence-electron chi connectivity index (χ3n) is 1.98. The molecule has 0 radical (unpaired) electrons. The van der Waals surface area contributed by atoms with Gasteiger partial charge in [0.25, 0.3) is 0 Å². The van der Waals surface area contributed by atoms with Crippen molar-refractivity contribution in [3.63, 3.8) is 0 Å². The van der Waals surface area contributed by atoms with Gasteiger partial charge in [0.1, 0.15) is 17.9 Å². The number of carbonyl (C=O) groups is 1. The lowest BCUT2D eigenvalue weighted by Gasteiger charge is -2.11. The zero-order valence-corrected chi connectivity index (χ0v) is 8.10. The molecule has 0 spiro atoms. The third-order valence-corrected chi connectivity index (χ3v) is 1.98. The molecule has 1 aromatic rings. The van der Waals surface area contributed by atoms with Crippen LogP contribution in [0.3, 0.4) is 0 Å². The fourth-order valence-electron chi connectivity index (χ4n) is 1.16. The van der Waals surface area contributed by atoms with Gasteiger partial charge in [-0.25, -0.2) is 0 Å². The number of esters is 1. The minimum absolute atomic E-state index is 0.0758. The Morgan fingerprint density at radius 3 is 2.87 bits per heavy atom. The van der Waals surface area contributed by atoms with Gasteiger partial charge in [-0.1, -0.05) is 12.1 Å². The van der Waals surface area contributed by atoms with Crippen LogP contribution in [0.25, 0.3) is 0 Å². The Hall–Kier alpha value is -2.06. The molecule has 0 aliphatic heterocycles. The highest BCUT2D eigenvalue weighted by Crippen LogP contribution is 2.26. The maximum absolute atomic E-state index is 11.1. The van der Waals surface area contributed by atoms with Crippen molar-refractivity contribution in [1.82, 2.24) is 0 Å². The molecule has 5 heteroatoms. The van der Waals surface area contributed by atoms with Gasteiger partial charge in [-0.3, -0.25) is 4.79 Å². The van der Waals surface area contributed by atoms with Gasteiger partial charge in [0.15, 0.2) is 0 Å². The number of hydrogen-bond donors (Lipinski definition) is 2. The van der Waals surface area contributed by atoms with E-state index in [4.69, 9.17) is 11.0 Å². The van der Waals surface area contributed by atoms with E-state index in [2.05, 4.69) is 4.74 Å². The summed E-state index contributed by atoms with van der Waals surface area (Å²) in [5.74, 6) is -0.946. The average molecular weight is 206 g/mol. The van der Waals surface area contributed by atoms with Crippen molar-refractivity contribution in [3.05, 3.63) is 29.3 Å². The van der Waals surface area contributed by atoms with Crippen LogP contribution >= 0.6 is 0 Å². The molecule has 0 fully saturated rings. The van der Waals surface area contributed by atoms with E-state index in [1.165, 1.54) is 25.3 Å². The van der Waals surface area contributed by atoms with E-state index in [9.17, 15) is 9.90 Å². The van der Waals surface area contributed by atoms with Crippen molar-refractivity contribution in [2.45, 2.75) is 6.04 Å². The molecule has 0 bridgehead atoms. The van der Waals surface area contributed by atoms with E-state index in [-0.39, 0.29) is 16.9 Å². The first-order valence-electron chi connectivity index (χ1n) is 4.17. The van der Waals surface area contributed by atoms with Gasteiger partial charge >= 0.3 is 5.97 Å². The minimum atomic E-state index is -1.08. The second-order valence-electron chi connectivity index (χ2n) is 2.86. The molecule has 15 heavy (non-hydrogen) atoms. The summed E-state index contributed by atoms with van der Waals surface area (Å²) in [6, 6.07) is 5.15. The Bertz CT molecular complexity index is 423. The predicted molar refractivity (Wildman–Crippen MR) is 51.8 cm³/mol. The lowest BCUT2D eigenvalue weighted by atomic mass is 10.0. The molecule has 0 amide bonds. The predicted octanol–water partition coefficient (Wildman–Crippen LogP) is 0.437. The highest BCUT2D eigenvalue weighted by molar-refractivity contribution is 5.78. The Balaban J connectivity index is 3.16. The number of phenols is 1. The van der Waals surface area contributed by atoms with Crippen LogP contribution in [0.1, 0.15) is 17.2 Å². The zero-order chi connectivity index (χ0) is 11.4. The fourth-order valence-corrected chi connectivity index (χ4v) is 1.16. The number of rotatable bonds is 2. The van der Waals surface area contributed by atoms with Crippen molar-refractivity contribution >= 4 is 5.97 Å². The van der Waals surface area contributed by atoms with E-state index in [1.807, 2.05) is 0 Å². The number of para-hydroxylation sites is 1. The number of aromatic hydroxyl groups is 1. The number of nitrogens with two attached hydrogens (primary N) is 1. The molecule has 1 atom stereocenters. The Morgan fingerprint density at radius 1 is 1.67 bits per heavy atom. The van der Waals surface area contributed by atoms with Gasteiger partial charge in [0.05, 0.1) is 12.7 Å². The maximum atomic E-state index is 11.1. The van der Waals surface area contributed by atoms with Gasteiger partial charge in [-0.2, -0.15) is 5.26 Å². The normalized spacial score (nSPS) is 11.5. The van der Waals surface area contributed by atoms with E-state index < -0.39 is 12.0 Å². The molecule has 0 aliphatic rings. The van der Waals surface area contributed by atoms with E-state index in [0.717, 1.165) is 0 Å². The third kappa shape index (κ3) is 2.06. The van der Waals surface area contributed by atoms with Crippen LogP contribution in [-0.4, -0.2) is 18.2 Å². The molecule has 78 valence electrons. The largest absolute Gasteiger partial charge is 0.506 e. The first kappa shape index (κ1) is 11.0. The standard InChI is InChI=1S/C10H10N2O3/c1-15-10(14)8(12)7-4-2-3-6(5-11)9(7)13/h2-4,8,13H,12H2,1H3/t8-/m1/s1. The van der Waals surface area contributed by atoms with Gasteiger partial charge < -0.3 is 15.6 Å². The molecule has 5 nitrogen and oxygen atoms in total. The average Bonchev–Trinajstić information content (AvgIpc) is 2.27. The van der Waals surface area contributed by atoms with Crippen LogP contribution < -0.4 is 5.73 Å². The summed E-state index contributed by atoms with van der Waals surface area (Å²) in [4.78, 5) is 11.1. The molecule has 1 rings (SSSR count). The topological polar surface area (TPSA) is 96.3 Å². The summed E-state index contributed by atoms with van der Waals surface area (Å²) in [6.45, 7) is 0. The van der Waals surface area contributed by atoms with Gasteiger partial charge in [-0.05, 0) is 6.07 Å². The molecule has 0 aromatic heterocycles. The zero-order valence-electron chi connectivity index (χ0n) is 8.10. The second-order valence-corrected chi connectivity index (χ2v) is 2.86. The molecular formula is C10H10N2O3. The molecule has 0 unspecified atom stereocenters. The van der Waals surface area contributed by atoms with Gasteiger partial charge in [0.2, 0.25) is 0 Å². The van der Waals surface area contributed by atoms with Crippen molar-refractivity contribution < 1.29 is 14.6 Å². The number of hydrogen-bond acceptors (Lipinski definition) is 5. The first-order valence-corrected chi connectivity index (χ1v) is 4.17. The summed E-state index contributed by atoms with van der Waals surface area (Å²) >= 11 is 0. The summed E-state index contributed by atoms with van der Waals surface area (Å²) < 4.78 is 4.44. The lowest BCUT2D eigenvalue weighted by molar-refractivity contribution is -0.142. The number of nitriles is 1. The number of nitrogens with zero attached hydrogens (tertiary/aromatic N) is 1. The summed E-state index contributed by atoms with van der Waals surface area (Å²) in [5.41, 5.74) is 5.79. The van der Waals surface area contributed by atoms with Crippen LogP contribution in [-0.2, 0) is 9.53 Å². The van der Waals surface area contributed by atoms with Gasteiger partial charge in [-0.15, -0.1) is 0 Å². The van der Waals surface area contributed by atoms with Crippen LogP contribution in [0, 0.1) is 11.3 Å². The molecule has 3 N–H and O–H groups in total. The number of methoxy groups -OCH3 is 1. The van der Waals surface area contributed by atoms with E-state index in [1.54, 1.807) is 6.07 Å². The highest BCUT2D eigenvalue weighted by Gasteiger charge is 2.20. The van der Waals surface area contributed by atoms with E-state index in [0.29, 0.717) is 0 Å². The van der Waals surface area contributed by atoms with E-state index >= 15 is 0 Å². The Kier molecular flexibility index (Phi) is 3.26. The first-order chi connectivity index (χ1) is 7.11. The quantitative estimate of drug-likeness (QED) is 0.684. The van der Waals surface area contributed by atoms with Crippen molar-refractivity contribution in [2.24, 2.45) is 5.73 Å². The van der Waals surface area contributed by atoms with Crippen LogP contribution in [0.2, 0.25) is 0 Å². The number of ether oxygens (including phenoxy) is 1. The Labute approximate surface area is 86.7 Å². The monoisotopic (exact) mass is 206 g/mol. The summed E-state index contributed by atoms with van der Waals surface area (Å²) in [7, 11) is 1.20. The number of benzene rings is 1. The number of phenolic OH excluding ortho intramolecular Hbond substituents is 1. The summed E-state index contributed by atoms with van der Waals surface area (Å²) in [5, 5.41) is 18.2. The smallest absolute Gasteiger partial charge is 0.327 e. The van der Waals surface area contributed by atoms with Crippen LogP contribution in [0.15, 0.2) is 18.2 Å². The minimum Gasteiger partial charge on any atom is -0.506 e. The second kappa shape index (κ2) is 4.44. The Morgan fingerprint density at radius 2 is 2.33 bits per heavy atom. The van der Waals surface area contributed by atoms with Crippen molar-refractivity contribution in [2.75, 3.05) is 7.11 Å². The van der Waals surface area contributed by atoms with Crippen molar-refractivity contribution in [3.8, 4) is 11.8 Å². The van der Waals surface area contributed by atoms with Gasteiger partial charge in [0, 0.05) is 5.56 Å². The molecular weight excluding hydrogens is 196 g/mol. The van der Waals surface area contributed by atoms with Crippen LogP contribution in [0.4, 0.5) is 0 Å². The molecule has 0 saturated heterocycles. The maximum Gasteiger partial charge on any atom is 0.327 e. The summed E-state index contributed by atoms with van der Waals surface area (Å²) in [6.07, 6.45) is 0.